The summed E-state index contributed by atoms with van der Waals surface area (Å²) < 4.78 is 4.74. The number of aliphatic hydroxyl groups is 2. The van der Waals surface area contributed by atoms with E-state index in [9.17, 15) is 9.90 Å². The van der Waals surface area contributed by atoms with E-state index >= 15 is 0 Å². The van der Waals surface area contributed by atoms with Gasteiger partial charge in [0.15, 0.2) is 0 Å². The number of aliphatic hydroxyl groups excluding tert-OH is 2. The van der Waals surface area contributed by atoms with Gasteiger partial charge in [-0.2, -0.15) is 0 Å². The first kappa shape index (κ1) is 24.8. The van der Waals surface area contributed by atoms with E-state index in [0.29, 0.717) is 6.42 Å². The second-order valence-corrected chi connectivity index (χ2v) is 6.73. The Morgan fingerprint density at radius 3 is 2.04 bits per heavy atom. The van der Waals surface area contributed by atoms with E-state index in [-0.39, 0.29) is 6.42 Å². The fourth-order valence-electron chi connectivity index (χ4n) is 2.30. The average molecular weight is 333 g/mol. The lowest BCUT2D eigenvalue weighted by Crippen LogP contribution is -2.48. The third kappa shape index (κ3) is 7.13. The Morgan fingerprint density at radius 2 is 1.52 bits per heavy atom. The van der Waals surface area contributed by atoms with E-state index in [2.05, 4.69) is 6.92 Å². The first-order chi connectivity index (χ1) is 11.4. The summed E-state index contributed by atoms with van der Waals surface area (Å²) in [4.78, 5) is 12.1. The zero-order valence-corrected chi connectivity index (χ0v) is 15.1. The Hall–Kier alpha value is -0.220. The summed E-state index contributed by atoms with van der Waals surface area (Å²) in [6.07, 6.45) is 4.94. The molecule has 0 heterocycles. The molecule has 0 rings (SSSR count). The molecule has 0 saturated carbocycles. The molecule has 0 amide bonds. The molecule has 0 fully saturated rings. The van der Waals surface area contributed by atoms with Gasteiger partial charge in [0.2, 0.25) is 0 Å². The summed E-state index contributed by atoms with van der Waals surface area (Å²) in [5.74, 6) is -1.17. The molecule has 0 aromatic carbocycles. The highest BCUT2D eigenvalue weighted by Gasteiger charge is 2.49. The molecular formula is C15H24B6O4. The van der Waals surface area contributed by atoms with Gasteiger partial charge in [0.25, 0.3) is 5.97 Å². The summed E-state index contributed by atoms with van der Waals surface area (Å²) in [5, 5.41) is 11.7. The number of unbranched alkanes of at least 4 members (excludes halogenated alkanes) is 5. The molecule has 0 aromatic heterocycles. The highest BCUT2D eigenvalue weighted by molar-refractivity contribution is 6.65. The van der Waals surface area contributed by atoms with Crippen molar-refractivity contribution in [2.24, 2.45) is 0 Å². The van der Waals surface area contributed by atoms with E-state index in [4.69, 9.17) is 56.9 Å². The van der Waals surface area contributed by atoms with Gasteiger partial charge in [-0.3, -0.25) is 4.79 Å². The molecule has 10 heteroatoms. The van der Waals surface area contributed by atoms with Gasteiger partial charge in [-0.15, -0.1) is 10.4 Å². The Labute approximate surface area is 160 Å². The number of esters is 1. The first-order valence-electron chi connectivity index (χ1n) is 8.63. The van der Waals surface area contributed by atoms with Gasteiger partial charge in [-0.25, -0.2) is 0 Å². The Balaban J connectivity index is 4.76. The van der Waals surface area contributed by atoms with Crippen LogP contribution in [0.15, 0.2) is 0 Å². The van der Waals surface area contributed by atoms with Gasteiger partial charge in [-0.1, -0.05) is 51.9 Å². The number of carbonyl (C=O) groups excluding carboxylic acids is 1. The van der Waals surface area contributed by atoms with Crippen molar-refractivity contribution < 1.29 is 19.7 Å². The van der Waals surface area contributed by atoms with Gasteiger partial charge in [0, 0.05) is 0 Å². The number of hydrogen-bond donors (Lipinski definition) is 2. The normalized spacial score (nSPS) is 14.2. The predicted molar refractivity (Wildman–Crippen MR) is 105 cm³/mol. The molecule has 0 saturated heterocycles. The lowest BCUT2D eigenvalue weighted by Gasteiger charge is -2.54. The van der Waals surface area contributed by atoms with Gasteiger partial charge in [0.05, 0.1) is 53.7 Å². The fraction of sp³-hybridized carbons (Fsp3) is 0.933. The molecule has 1 unspecified atom stereocenters. The van der Waals surface area contributed by atoms with Crippen LogP contribution < -0.4 is 0 Å². The smallest absolute Gasteiger partial charge is 0.293 e. The van der Waals surface area contributed by atoms with Crippen LogP contribution in [0.25, 0.3) is 0 Å². The maximum Gasteiger partial charge on any atom is 0.293 e. The lowest BCUT2D eigenvalue weighted by molar-refractivity contribution is -0.149. The number of rotatable bonds is 13. The molecule has 1 atom stereocenters. The molecule has 0 spiro atoms. The molecule has 4 nitrogen and oxygen atoms in total. The summed E-state index contributed by atoms with van der Waals surface area (Å²) in [5.41, 5.74) is 0. The lowest BCUT2D eigenvalue weighted by atomic mass is 9.17. The summed E-state index contributed by atoms with van der Waals surface area (Å²) in [6, 6.07) is 0. The second kappa shape index (κ2) is 10.8. The summed E-state index contributed by atoms with van der Waals surface area (Å²) in [6.45, 7) is 1.02. The van der Waals surface area contributed by atoms with Gasteiger partial charge >= 0.3 is 0 Å². The Bertz CT molecular complexity index is 403. The molecule has 0 aliphatic heterocycles. The highest BCUT2D eigenvalue weighted by Crippen LogP contribution is 2.58. The van der Waals surface area contributed by atoms with Crippen LogP contribution in [0.1, 0.15) is 51.9 Å². The van der Waals surface area contributed by atoms with E-state index in [0.717, 1.165) is 32.1 Å². The van der Waals surface area contributed by atoms with E-state index in [1.165, 1.54) is 0 Å². The van der Waals surface area contributed by atoms with Crippen LogP contribution in [0, 0.1) is 0 Å². The monoisotopic (exact) mass is 334 g/mol. The molecule has 12 radical (unpaired) electrons. The number of carbonyl (C=O) groups is 1. The maximum absolute atomic E-state index is 12.1. The third-order valence-corrected chi connectivity index (χ3v) is 4.35. The molecule has 126 valence electrons. The van der Waals surface area contributed by atoms with Crippen LogP contribution in [0.3, 0.4) is 0 Å². The highest BCUT2D eigenvalue weighted by atomic mass is 16.5. The van der Waals surface area contributed by atoms with Crippen LogP contribution >= 0.6 is 0 Å². The number of ether oxygens (including phenoxy) is 1. The minimum Gasteiger partial charge on any atom is -0.464 e. The minimum absolute atomic E-state index is 0.217. The Morgan fingerprint density at radius 1 is 1.00 bits per heavy atom. The predicted octanol–water partition coefficient (Wildman–Crippen LogP) is -0.00700. The number of hydrogen-bond acceptors (Lipinski definition) is 4. The van der Waals surface area contributed by atoms with Crippen molar-refractivity contribution in [3.8, 4) is 0 Å². The topological polar surface area (TPSA) is 66.8 Å². The van der Waals surface area contributed by atoms with Crippen LogP contribution in [0.2, 0.25) is 15.6 Å². The van der Waals surface area contributed by atoms with Gasteiger partial charge < -0.3 is 14.9 Å². The summed E-state index contributed by atoms with van der Waals surface area (Å²) >= 11 is 0. The van der Waals surface area contributed by atoms with Crippen LogP contribution in [-0.4, -0.2) is 82.6 Å². The quantitative estimate of drug-likeness (QED) is 0.283. The van der Waals surface area contributed by atoms with Crippen molar-refractivity contribution in [1.29, 1.82) is 0 Å². The zero-order valence-electron chi connectivity index (χ0n) is 15.1. The minimum atomic E-state index is -2.38. The molecule has 0 aliphatic carbocycles. The molecule has 2 N–H and O–H groups in total. The standard InChI is InChI=1S/C15H24B6O4/c1-2-3-4-5-6-7-8-13(16,17)15(20,21)14(18,19)12(24)25-10-11(23)9-22/h11,22-23H,2-10H2,1H3. The van der Waals surface area contributed by atoms with Crippen molar-refractivity contribution in [1.82, 2.24) is 0 Å². The van der Waals surface area contributed by atoms with Gasteiger partial charge in [0.1, 0.15) is 12.7 Å². The SMILES string of the molecule is [B]C([B])(CCCCCCCC)C([B])([B])C([B])([B])C(=O)OCC(O)CO. The van der Waals surface area contributed by atoms with Crippen LogP contribution in [0.4, 0.5) is 0 Å². The fourth-order valence-corrected chi connectivity index (χ4v) is 2.30. The van der Waals surface area contributed by atoms with Crippen molar-refractivity contribution >= 4 is 53.0 Å². The zero-order chi connectivity index (χ0) is 19.7. The van der Waals surface area contributed by atoms with Gasteiger partial charge in [-0.05, 0) is 5.21 Å². The molecule has 0 aromatic rings. The van der Waals surface area contributed by atoms with Crippen molar-refractivity contribution in [2.75, 3.05) is 13.2 Å². The largest absolute Gasteiger partial charge is 0.464 e. The molecular weight excluding hydrogens is 309 g/mol. The van der Waals surface area contributed by atoms with Crippen LogP contribution in [0.5, 0.6) is 0 Å². The van der Waals surface area contributed by atoms with Crippen molar-refractivity contribution in [3.63, 3.8) is 0 Å². The third-order valence-electron chi connectivity index (χ3n) is 4.35. The van der Waals surface area contributed by atoms with Crippen LogP contribution in [-0.2, 0) is 9.53 Å². The van der Waals surface area contributed by atoms with Crippen molar-refractivity contribution in [3.05, 3.63) is 0 Å². The molecule has 25 heavy (non-hydrogen) atoms. The van der Waals surface area contributed by atoms with Crippen molar-refractivity contribution in [2.45, 2.75) is 73.6 Å². The average Bonchev–Trinajstić information content (AvgIpc) is 2.54. The van der Waals surface area contributed by atoms with E-state index in [1.54, 1.807) is 0 Å². The first-order valence-corrected chi connectivity index (χ1v) is 8.63. The summed E-state index contributed by atoms with van der Waals surface area (Å²) in [7, 11) is 35.4. The second-order valence-electron chi connectivity index (χ2n) is 6.73. The maximum atomic E-state index is 12.1. The molecule has 0 bridgehead atoms. The van der Waals surface area contributed by atoms with E-state index in [1.807, 2.05) is 0 Å². The Kier molecular flexibility index (Phi) is 10.7. The molecule has 0 aliphatic rings. The van der Waals surface area contributed by atoms with E-state index < -0.39 is 40.9 Å².